The fourth-order valence-corrected chi connectivity index (χ4v) is 1.64. The van der Waals surface area contributed by atoms with Crippen molar-refractivity contribution in [3.8, 4) is 5.75 Å². The molecule has 0 unspecified atom stereocenters. The standard InChI is InChI=1S/C13H14N4O4/c1-8-2-3-9(6-11(8)18)12(19)14-4-5-17-7-10(13(20)21)15-16-17/h2-3,6-7,18H,4-5H2,1H3,(H,14,19)(H,20,21). The van der Waals surface area contributed by atoms with Crippen LogP contribution in [0, 0.1) is 6.92 Å². The molecule has 8 nitrogen and oxygen atoms in total. The van der Waals surface area contributed by atoms with Crippen molar-refractivity contribution in [2.24, 2.45) is 0 Å². The Bertz CT molecular complexity index is 681. The molecule has 3 N–H and O–H groups in total. The molecule has 0 atom stereocenters. The van der Waals surface area contributed by atoms with Crippen LogP contribution in [0.5, 0.6) is 5.75 Å². The quantitative estimate of drug-likeness (QED) is 0.734. The number of carboxylic acids is 1. The van der Waals surface area contributed by atoms with Crippen LogP contribution in [-0.4, -0.2) is 43.6 Å². The number of aromatic carboxylic acids is 1. The molecular formula is C13H14N4O4. The number of carboxylic acid groups (broad SMARTS) is 1. The minimum Gasteiger partial charge on any atom is -0.508 e. The lowest BCUT2D eigenvalue weighted by molar-refractivity contribution is 0.0690. The second kappa shape index (κ2) is 6.04. The number of nitrogens with one attached hydrogen (secondary N) is 1. The van der Waals surface area contributed by atoms with Gasteiger partial charge in [0, 0.05) is 12.1 Å². The van der Waals surface area contributed by atoms with Gasteiger partial charge in [-0.25, -0.2) is 9.48 Å². The number of hydrogen-bond acceptors (Lipinski definition) is 5. The topological polar surface area (TPSA) is 117 Å². The zero-order chi connectivity index (χ0) is 15.4. The van der Waals surface area contributed by atoms with Crippen molar-refractivity contribution in [1.29, 1.82) is 0 Å². The van der Waals surface area contributed by atoms with Gasteiger partial charge in [0.2, 0.25) is 0 Å². The lowest BCUT2D eigenvalue weighted by Gasteiger charge is -2.06. The molecule has 1 heterocycles. The van der Waals surface area contributed by atoms with Crippen molar-refractivity contribution < 1.29 is 19.8 Å². The Balaban J connectivity index is 1.88. The number of nitrogens with zero attached hydrogens (tertiary/aromatic N) is 3. The van der Waals surface area contributed by atoms with Gasteiger partial charge in [-0.3, -0.25) is 4.79 Å². The Kier molecular flexibility index (Phi) is 4.17. The summed E-state index contributed by atoms with van der Waals surface area (Å²) in [5.41, 5.74) is 0.892. The average molecular weight is 290 g/mol. The summed E-state index contributed by atoms with van der Waals surface area (Å²) in [6.07, 6.45) is 1.28. The molecule has 110 valence electrons. The van der Waals surface area contributed by atoms with Gasteiger partial charge in [-0.15, -0.1) is 5.10 Å². The Morgan fingerprint density at radius 1 is 1.38 bits per heavy atom. The zero-order valence-electron chi connectivity index (χ0n) is 11.3. The molecule has 0 aliphatic heterocycles. The summed E-state index contributed by atoms with van der Waals surface area (Å²) >= 11 is 0. The third-order valence-electron chi connectivity index (χ3n) is 2.86. The first kappa shape index (κ1) is 14.5. The van der Waals surface area contributed by atoms with Gasteiger partial charge in [-0.2, -0.15) is 0 Å². The van der Waals surface area contributed by atoms with Gasteiger partial charge in [-0.1, -0.05) is 11.3 Å². The van der Waals surface area contributed by atoms with Crippen LogP contribution in [0.3, 0.4) is 0 Å². The highest BCUT2D eigenvalue weighted by Gasteiger charge is 2.09. The second-order valence-electron chi connectivity index (χ2n) is 4.43. The fraction of sp³-hybridized carbons (Fsp3) is 0.231. The van der Waals surface area contributed by atoms with Crippen LogP contribution in [0.15, 0.2) is 24.4 Å². The smallest absolute Gasteiger partial charge is 0.358 e. The first-order valence-electron chi connectivity index (χ1n) is 6.18. The van der Waals surface area contributed by atoms with Crippen molar-refractivity contribution in [2.75, 3.05) is 6.54 Å². The molecule has 0 aliphatic carbocycles. The predicted molar refractivity (Wildman–Crippen MR) is 72.2 cm³/mol. The number of phenolic OH excluding ortho intramolecular Hbond substituents is 1. The largest absolute Gasteiger partial charge is 0.508 e. The van der Waals surface area contributed by atoms with E-state index in [0.29, 0.717) is 17.7 Å². The molecule has 2 aromatic rings. The summed E-state index contributed by atoms with van der Waals surface area (Å²) in [6.45, 7) is 2.29. The van der Waals surface area contributed by atoms with Crippen LogP contribution < -0.4 is 5.32 Å². The van der Waals surface area contributed by atoms with Crippen LogP contribution in [0.1, 0.15) is 26.4 Å². The van der Waals surface area contributed by atoms with Crippen molar-refractivity contribution >= 4 is 11.9 Å². The minimum atomic E-state index is -1.15. The Morgan fingerprint density at radius 3 is 2.76 bits per heavy atom. The van der Waals surface area contributed by atoms with Gasteiger partial charge >= 0.3 is 5.97 Å². The number of benzene rings is 1. The van der Waals surface area contributed by atoms with Crippen molar-refractivity contribution in [2.45, 2.75) is 13.5 Å². The van der Waals surface area contributed by atoms with Crippen molar-refractivity contribution in [3.05, 3.63) is 41.2 Å². The van der Waals surface area contributed by atoms with Gasteiger partial charge < -0.3 is 15.5 Å². The normalized spacial score (nSPS) is 10.3. The number of hydrogen-bond donors (Lipinski definition) is 3. The maximum atomic E-state index is 11.9. The summed E-state index contributed by atoms with van der Waals surface area (Å²) in [6, 6.07) is 4.66. The number of carbonyl (C=O) groups is 2. The number of aromatic hydroxyl groups is 1. The van der Waals surface area contributed by atoms with Crippen LogP contribution in [0.2, 0.25) is 0 Å². The van der Waals surface area contributed by atoms with E-state index in [1.165, 1.54) is 16.9 Å². The summed E-state index contributed by atoms with van der Waals surface area (Å²) in [7, 11) is 0. The summed E-state index contributed by atoms with van der Waals surface area (Å²) < 4.78 is 1.33. The molecular weight excluding hydrogens is 276 g/mol. The Hall–Kier alpha value is -2.90. The van der Waals surface area contributed by atoms with Crippen LogP contribution in [-0.2, 0) is 6.54 Å². The summed E-state index contributed by atoms with van der Waals surface area (Å²) in [4.78, 5) is 22.5. The van der Waals surface area contributed by atoms with E-state index in [0.717, 1.165) is 0 Å². The lowest BCUT2D eigenvalue weighted by Crippen LogP contribution is -2.27. The first-order valence-corrected chi connectivity index (χ1v) is 6.18. The number of rotatable bonds is 5. The fourth-order valence-electron chi connectivity index (χ4n) is 1.64. The molecule has 1 aromatic heterocycles. The number of amides is 1. The van der Waals surface area contributed by atoms with Gasteiger partial charge in [0.15, 0.2) is 5.69 Å². The zero-order valence-corrected chi connectivity index (χ0v) is 11.3. The van der Waals surface area contributed by atoms with Crippen LogP contribution in [0.4, 0.5) is 0 Å². The number of phenols is 1. The van der Waals surface area contributed by atoms with E-state index >= 15 is 0 Å². The highest BCUT2D eigenvalue weighted by Crippen LogP contribution is 2.17. The average Bonchev–Trinajstić information content (AvgIpc) is 2.91. The molecule has 0 aliphatic rings. The highest BCUT2D eigenvalue weighted by molar-refractivity contribution is 5.94. The maximum absolute atomic E-state index is 11.9. The lowest BCUT2D eigenvalue weighted by atomic mass is 10.1. The van der Waals surface area contributed by atoms with Gasteiger partial charge in [0.05, 0.1) is 12.7 Å². The molecule has 0 radical (unpaired) electrons. The third kappa shape index (κ3) is 3.56. The summed E-state index contributed by atoms with van der Waals surface area (Å²) in [5.74, 6) is -1.42. The van der Waals surface area contributed by atoms with Crippen LogP contribution >= 0.6 is 0 Å². The van der Waals surface area contributed by atoms with E-state index in [4.69, 9.17) is 5.11 Å². The number of aryl methyl sites for hydroxylation is 1. The van der Waals surface area contributed by atoms with Crippen LogP contribution in [0.25, 0.3) is 0 Å². The molecule has 0 bridgehead atoms. The van der Waals surface area contributed by atoms with Crippen molar-refractivity contribution in [3.63, 3.8) is 0 Å². The van der Waals surface area contributed by atoms with Crippen molar-refractivity contribution in [1.82, 2.24) is 20.3 Å². The van der Waals surface area contributed by atoms with Gasteiger partial charge in [0.25, 0.3) is 5.91 Å². The van der Waals surface area contributed by atoms with E-state index in [9.17, 15) is 14.7 Å². The molecule has 2 rings (SSSR count). The van der Waals surface area contributed by atoms with Gasteiger partial charge in [0.1, 0.15) is 5.75 Å². The predicted octanol–water partition coefficient (Wildman–Crippen LogP) is 0.420. The SMILES string of the molecule is Cc1ccc(C(=O)NCCn2cc(C(=O)O)nn2)cc1O. The first-order chi connectivity index (χ1) is 9.97. The van der Waals surface area contributed by atoms with E-state index in [2.05, 4.69) is 15.6 Å². The molecule has 0 saturated carbocycles. The van der Waals surface area contributed by atoms with E-state index in [1.807, 2.05) is 0 Å². The molecule has 0 fully saturated rings. The summed E-state index contributed by atoms with van der Waals surface area (Å²) in [5, 5.41) is 28.0. The third-order valence-corrected chi connectivity index (χ3v) is 2.86. The Morgan fingerprint density at radius 2 is 2.14 bits per heavy atom. The Labute approximate surface area is 120 Å². The molecule has 0 saturated heterocycles. The maximum Gasteiger partial charge on any atom is 0.358 e. The van der Waals surface area contributed by atoms with E-state index < -0.39 is 5.97 Å². The molecule has 21 heavy (non-hydrogen) atoms. The molecule has 8 heteroatoms. The molecule has 1 aromatic carbocycles. The number of carbonyl (C=O) groups excluding carboxylic acids is 1. The minimum absolute atomic E-state index is 0.0602. The second-order valence-corrected chi connectivity index (χ2v) is 4.43. The molecule has 0 spiro atoms. The highest BCUT2D eigenvalue weighted by atomic mass is 16.4. The van der Waals surface area contributed by atoms with E-state index in [1.54, 1.807) is 19.1 Å². The van der Waals surface area contributed by atoms with E-state index in [-0.39, 0.29) is 23.9 Å². The molecule has 1 amide bonds. The number of aromatic nitrogens is 3. The van der Waals surface area contributed by atoms with Gasteiger partial charge in [-0.05, 0) is 24.6 Å². The monoisotopic (exact) mass is 290 g/mol.